The van der Waals surface area contributed by atoms with Crippen molar-refractivity contribution >= 4 is 27.3 Å². The average molecular weight is 303 g/mol. The minimum atomic E-state index is 0.658. The average Bonchev–Trinajstić information content (AvgIpc) is 2.73. The van der Waals surface area contributed by atoms with Crippen molar-refractivity contribution in [1.29, 1.82) is 0 Å². The number of nitrogens with two attached hydrogens (primary N) is 1. The molecule has 0 aliphatic rings. The minimum absolute atomic E-state index is 0.658. The van der Waals surface area contributed by atoms with E-state index in [0.717, 1.165) is 22.4 Å². The second-order valence-electron chi connectivity index (χ2n) is 4.08. The Kier molecular flexibility index (Phi) is 2.76. The summed E-state index contributed by atoms with van der Waals surface area (Å²) >= 11 is 3.44. The number of anilines is 1. The van der Waals surface area contributed by atoms with Gasteiger partial charge in [-0.2, -0.15) is 5.10 Å². The lowest BCUT2D eigenvalue weighted by atomic mass is 10.1. The van der Waals surface area contributed by atoms with Crippen molar-refractivity contribution in [3.05, 3.63) is 58.5 Å². The molecule has 0 unspecified atom stereocenters. The molecule has 0 spiro atoms. The highest BCUT2D eigenvalue weighted by Crippen LogP contribution is 2.20. The van der Waals surface area contributed by atoms with Gasteiger partial charge in [-0.3, -0.25) is 0 Å². The molecule has 0 aliphatic carbocycles. The Bertz CT molecular complexity index is 691. The number of benzene rings is 1. The first-order valence-electron chi connectivity index (χ1n) is 5.56. The van der Waals surface area contributed by atoms with Crippen LogP contribution in [0.1, 0.15) is 11.4 Å². The Hall–Kier alpha value is -1.88. The van der Waals surface area contributed by atoms with Gasteiger partial charge in [-0.05, 0) is 27.6 Å². The highest BCUT2D eigenvalue weighted by atomic mass is 79.9. The van der Waals surface area contributed by atoms with Crippen LogP contribution >= 0.6 is 15.9 Å². The van der Waals surface area contributed by atoms with E-state index in [1.807, 2.05) is 24.3 Å². The van der Waals surface area contributed by atoms with Gasteiger partial charge in [-0.15, -0.1) is 0 Å². The number of rotatable bonds is 2. The summed E-state index contributed by atoms with van der Waals surface area (Å²) in [4.78, 5) is 4.50. The lowest BCUT2D eigenvalue weighted by molar-refractivity contribution is 0.900. The van der Waals surface area contributed by atoms with Crippen molar-refractivity contribution in [2.75, 3.05) is 5.73 Å². The van der Waals surface area contributed by atoms with Crippen LogP contribution in [-0.2, 0) is 6.42 Å². The van der Waals surface area contributed by atoms with E-state index in [9.17, 15) is 0 Å². The van der Waals surface area contributed by atoms with Gasteiger partial charge in [0.2, 0.25) is 0 Å². The molecule has 0 fully saturated rings. The summed E-state index contributed by atoms with van der Waals surface area (Å²) in [5.41, 5.74) is 8.41. The first-order chi connectivity index (χ1) is 8.72. The Morgan fingerprint density at radius 2 is 2.00 bits per heavy atom. The monoisotopic (exact) mass is 302 g/mol. The summed E-state index contributed by atoms with van der Waals surface area (Å²) in [6.07, 6.45) is 2.48. The van der Waals surface area contributed by atoms with Crippen molar-refractivity contribution in [2.24, 2.45) is 0 Å². The zero-order valence-electron chi connectivity index (χ0n) is 9.55. The second kappa shape index (κ2) is 4.42. The Morgan fingerprint density at radius 1 is 1.22 bits per heavy atom. The van der Waals surface area contributed by atoms with E-state index in [-0.39, 0.29) is 0 Å². The summed E-state index contributed by atoms with van der Waals surface area (Å²) in [5, 5.41) is 4.43. The molecule has 3 rings (SSSR count). The van der Waals surface area contributed by atoms with E-state index < -0.39 is 0 Å². The van der Waals surface area contributed by atoms with Crippen LogP contribution in [0.3, 0.4) is 0 Å². The predicted molar refractivity (Wildman–Crippen MR) is 74.3 cm³/mol. The van der Waals surface area contributed by atoms with Gasteiger partial charge < -0.3 is 5.73 Å². The molecule has 0 bridgehead atoms. The molecule has 0 aliphatic heterocycles. The molecule has 2 N–H and O–H groups in total. The van der Waals surface area contributed by atoms with Crippen LogP contribution in [0, 0.1) is 0 Å². The van der Waals surface area contributed by atoms with Crippen molar-refractivity contribution < 1.29 is 0 Å². The zero-order chi connectivity index (χ0) is 12.5. The van der Waals surface area contributed by atoms with Crippen LogP contribution < -0.4 is 5.73 Å². The number of pyridine rings is 1. The Labute approximate surface area is 113 Å². The van der Waals surface area contributed by atoms with E-state index in [1.165, 1.54) is 5.56 Å². The van der Waals surface area contributed by atoms with E-state index in [2.05, 4.69) is 38.1 Å². The molecule has 0 atom stereocenters. The molecule has 0 saturated heterocycles. The quantitative estimate of drug-likeness (QED) is 0.792. The highest BCUT2D eigenvalue weighted by molar-refractivity contribution is 9.10. The topological polar surface area (TPSA) is 56.2 Å². The number of hydrogen-bond donors (Lipinski definition) is 1. The second-order valence-corrected chi connectivity index (χ2v) is 4.93. The largest absolute Gasteiger partial charge is 0.397 e. The molecule has 1 aromatic carbocycles. The van der Waals surface area contributed by atoms with Crippen LogP contribution in [0.4, 0.5) is 5.69 Å². The normalized spacial score (nSPS) is 10.9. The van der Waals surface area contributed by atoms with Gasteiger partial charge in [-0.25, -0.2) is 9.50 Å². The van der Waals surface area contributed by atoms with Gasteiger partial charge in [0.15, 0.2) is 11.5 Å². The number of fused-ring (bicyclic) bond motifs is 1. The molecule has 4 nitrogen and oxygen atoms in total. The van der Waals surface area contributed by atoms with Gasteiger partial charge in [0.25, 0.3) is 0 Å². The molecule has 2 heterocycles. The lowest BCUT2D eigenvalue weighted by Crippen LogP contribution is -1.94. The number of nitrogen functional groups attached to an aromatic ring is 1. The van der Waals surface area contributed by atoms with Gasteiger partial charge >= 0.3 is 0 Å². The van der Waals surface area contributed by atoms with E-state index in [0.29, 0.717) is 5.69 Å². The molecule has 18 heavy (non-hydrogen) atoms. The van der Waals surface area contributed by atoms with Crippen LogP contribution in [0.25, 0.3) is 5.65 Å². The minimum Gasteiger partial charge on any atom is -0.397 e. The van der Waals surface area contributed by atoms with Crippen LogP contribution in [-0.4, -0.2) is 14.6 Å². The third-order valence-corrected chi connectivity index (χ3v) is 3.24. The lowest BCUT2D eigenvalue weighted by Gasteiger charge is -1.96. The van der Waals surface area contributed by atoms with Gasteiger partial charge in [0.1, 0.15) is 0 Å². The van der Waals surface area contributed by atoms with E-state index in [4.69, 9.17) is 5.73 Å². The third-order valence-electron chi connectivity index (χ3n) is 2.66. The van der Waals surface area contributed by atoms with Gasteiger partial charge in [0.05, 0.1) is 16.4 Å². The maximum absolute atomic E-state index is 5.77. The Morgan fingerprint density at radius 3 is 2.78 bits per heavy atom. The summed E-state index contributed by atoms with van der Waals surface area (Å²) in [6.45, 7) is 0. The van der Waals surface area contributed by atoms with Crippen LogP contribution in [0.15, 0.2) is 47.1 Å². The molecule has 0 amide bonds. The fourth-order valence-electron chi connectivity index (χ4n) is 1.86. The molecular weight excluding hydrogens is 292 g/mol. The Balaban J connectivity index is 2.01. The third kappa shape index (κ3) is 2.09. The number of nitrogens with zero attached hydrogens (tertiary/aromatic N) is 3. The van der Waals surface area contributed by atoms with Crippen molar-refractivity contribution in [1.82, 2.24) is 14.6 Å². The SMILES string of the molecule is Nc1cc(Br)c2nc(Cc3ccccc3)nn2c1. The number of aromatic nitrogens is 3. The van der Waals surface area contributed by atoms with Crippen molar-refractivity contribution in [3.63, 3.8) is 0 Å². The smallest absolute Gasteiger partial charge is 0.169 e. The molecule has 0 saturated carbocycles. The number of hydrogen-bond acceptors (Lipinski definition) is 3. The van der Waals surface area contributed by atoms with Crippen LogP contribution in [0.2, 0.25) is 0 Å². The zero-order valence-corrected chi connectivity index (χ0v) is 11.1. The number of halogens is 1. The first-order valence-corrected chi connectivity index (χ1v) is 6.36. The summed E-state index contributed by atoms with van der Waals surface area (Å²) in [5.74, 6) is 0.785. The van der Waals surface area contributed by atoms with Crippen molar-refractivity contribution in [2.45, 2.75) is 6.42 Å². The van der Waals surface area contributed by atoms with E-state index in [1.54, 1.807) is 10.7 Å². The molecular formula is C13H11BrN4. The highest BCUT2D eigenvalue weighted by Gasteiger charge is 2.08. The molecule has 2 aromatic heterocycles. The summed E-state index contributed by atoms with van der Waals surface area (Å²) in [6, 6.07) is 12.0. The first kappa shape index (κ1) is 11.2. The molecule has 5 heteroatoms. The molecule has 90 valence electrons. The fraction of sp³-hybridized carbons (Fsp3) is 0.0769. The predicted octanol–water partition coefficient (Wildman–Crippen LogP) is 2.66. The fourth-order valence-corrected chi connectivity index (χ4v) is 2.40. The van der Waals surface area contributed by atoms with Crippen molar-refractivity contribution in [3.8, 4) is 0 Å². The molecule has 0 radical (unpaired) electrons. The van der Waals surface area contributed by atoms with E-state index >= 15 is 0 Å². The van der Waals surface area contributed by atoms with Gasteiger partial charge in [-0.1, -0.05) is 30.3 Å². The standard InChI is InChI=1S/C13H11BrN4/c14-11-7-10(15)8-18-13(11)16-12(17-18)6-9-4-2-1-3-5-9/h1-5,7-8H,6,15H2. The van der Waals surface area contributed by atoms with Crippen LogP contribution in [0.5, 0.6) is 0 Å². The summed E-state index contributed by atoms with van der Waals surface area (Å²) < 4.78 is 2.56. The maximum atomic E-state index is 5.77. The maximum Gasteiger partial charge on any atom is 0.169 e. The van der Waals surface area contributed by atoms with Gasteiger partial charge in [0, 0.05) is 6.42 Å². The summed E-state index contributed by atoms with van der Waals surface area (Å²) in [7, 11) is 0. The molecule has 3 aromatic rings.